The highest BCUT2D eigenvalue weighted by Gasteiger charge is 2.45. The van der Waals surface area contributed by atoms with Crippen molar-refractivity contribution in [1.29, 1.82) is 5.26 Å². The van der Waals surface area contributed by atoms with E-state index >= 15 is 0 Å². The molecule has 0 aliphatic carbocycles. The summed E-state index contributed by atoms with van der Waals surface area (Å²) in [6, 6.07) is 6.04. The third-order valence-corrected chi connectivity index (χ3v) is 6.81. The molecule has 3 heterocycles. The molecule has 2 aromatic heterocycles. The first-order valence-electron chi connectivity index (χ1n) is 8.54. The predicted octanol–water partition coefficient (Wildman–Crippen LogP) is 4.84. The van der Waals surface area contributed by atoms with E-state index in [0.717, 1.165) is 28.2 Å². The van der Waals surface area contributed by atoms with Gasteiger partial charge in [-0.05, 0) is 31.9 Å². The molecular weight excluding hydrogens is 368 g/mol. The van der Waals surface area contributed by atoms with Crippen molar-refractivity contribution >= 4 is 29.0 Å². The van der Waals surface area contributed by atoms with Gasteiger partial charge >= 0.3 is 0 Å². The molecule has 0 saturated heterocycles. The summed E-state index contributed by atoms with van der Waals surface area (Å²) >= 11 is 8.15. The molecule has 2 aromatic rings. The smallest absolute Gasteiger partial charge is 0.283 e. The molecular formula is C19H21ClN4OS. The van der Waals surface area contributed by atoms with Gasteiger partial charge in [0.1, 0.15) is 17.2 Å². The monoisotopic (exact) mass is 388 g/mol. The van der Waals surface area contributed by atoms with Gasteiger partial charge < -0.3 is 10.5 Å². The number of amidine groups is 1. The highest BCUT2D eigenvalue weighted by Crippen LogP contribution is 2.48. The van der Waals surface area contributed by atoms with Crippen molar-refractivity contribution in [3.8, 4) is 16.5 Å². The number of hydrogen-bond donors (Lipinski definition) is 1. The van der Waals surface area contributed by atoms with Crippen LogP contribution in [0.5, 0.6) is 0 Å². The molecule has 0 amide bonds. The maximum Gasteiger partial charge on any atom is 0.283 e. The number of ether oxygens (including phenoxy) is 1. The van der Waals surface area contributed by atoms with Gasteiger partial charge in [0.15, 0.2) is 0 Å². The van der Waals surface area contributed by atoms with Gasteiger partial charge in [0.2, 0.25) is 0 Å². The Hall–Kier alpha value is -2.10. The number of nitrogens with zero attached hydrogens (tertiary/aromatic N) is 3. The van der Waals surface area contributed by atoms with E-state index in [1.54, 1.807) is 23.7 Å². The van der Waals surface area contributed by atoms with E-state index in [1.165, 1.54) is 0 Å². The SMILES string of the molecule is CCC1(CC)CC(C)(c2sc(-c3cncc(C#N)c3)cc2Cl)N=C(N)O1. The Labute approximate surface area is 162 Å². The minimum absolute atomic E-state index is 0.210. The van der Waals surface area contributed by atoms with Gasteiger partial charge in [-0.15, -0.1) is 11.3 Å². The lowest BCUT2D eigenvalue weighted by molar-refractivity contribution is -0.00111. The molecule has 7 heteroatoms. The molecule has 26 heavy (non-hydrogen) atoms. The summed E-state index contributed by atoms with van der Waals surface area (Å²) in [6.45, 7) is 6.25. The topological polar surface area (TPSA) is 84.3 Å². The molecule has 1 aliphatic rings. The average Bonchev–Trinajstić information content (AvgIpc) is 3.03. The minimum Gasteiger partial charge on any atom is -0.459 e. The second kappa shape index (κ2) is 6.90. The molecule has 5 nitrogen and oxygen atoms in total. The van der Waals surface area contributed by atoms with Gasteiger partial charge in [0.25, 0.3) is 6.02 Å². The number of hydrogen-bond acceptors (Lipinski definition) is 6. The Bertz CT molecular complexity index is 897. The highest BCUT2D eigenvalue weighted by molar-refractivity contribution is 7.16. The van der Waals surface area contributed by atoms with E-state index in [0.29, 0.717) is 17.0 Å². The van der Waals surface area contributed by atoms with Crippen LogP contribution in [-0.2, 0) is 10.3 Å². The zero-order valence-electron chi connectivity index (χ0n) is 15.0. The second-order valence-electron chi connectivity index (χ2n) is 6.75. The van der Waals surface area contributed by atoms with Gasteiger partial charge in [0, 0.05) is 29.3 Å². The molecule has 3 rings (SSSR count). The average molecular weight is 389 g/mol. The fourth-order valence-electron chi connectivity index (χ4n) is 3.48. The third kappa shape index (κ3) is 3.29. The molecule has 0 spiro atoms. The van der Waals surface area contributed by atoms with Crippen LogP contribution in [0, 0.1) is 11.3 Å². The third-order valence-electron chi connectivity index (χ3n) is 4.96. The molecule has 2 N–H and O–H groups in total. The van der Waals surface area contributed by atoms with Crippen LogP contribution in [0.15, 0.2) is 29.5 Å². The van der Waals surface area contributed by atoms with Gasteiger partial charge in [0.05, 0.1) is 15.5 Å². The lowest BCUT2D eigenvalue weighted by Crippen LogP contribution is -2.47. The van der Waals surface area contributed by atoms with Crippen molar-refractivity contribution in [2.24, 2.45) is 10.7 Å². The predicted molar refractivity (Wildman–Crippen MR) is 105 cm³/mol. The van der Waals surface area contributed by atoms with E-state index in [1.807, 2.05) is 19.1 Å². The normalized spacial score (nSPS) is 21.6. The largest absolute Gasteiger partial charge is 0.459 e. The molecule has 0 fully saturated rings. The molecule has 0 saturated carbocycles. The first kappa shape index (κ1) is 18.7. The Morgan fingerprint density at radius 2 is 2.08 bits per heavy atom. The van der Waals surface area contributed by atoms with Crippen LogP contribution in [0.2, 0.25) is 5.02 Å². The van der Waals surface area contributed by atoms with Crippen LogP contribution in [0.25, 0.3) is 10.4 Å². The Morgan fingerprint density at radius 1 is 1.35 bits per heavy atom. The van der Waals surface area contributed by atoms with Crippen molar-refractivity contribution in [3.05, 3.63) is 40.0 Å². The van der Waals surface area contributed by atoms with Crippen LogP contribution in [0.4, 0.5) is 0 Å². The number of aliphatic imine (C=N–C) groups is 1. The molecule has 136 valence electrons. The first-order valence-corrected chi connectivity index (χ1v) is 9.74. The standard InChI is InChI=1S/C19H21ClN4OS/c1-4-19(5-2)11-18(3,24-17(22)25-19)16-14(20)7-15(26-16)13-6-12(8-21)9-23-10-13/h6-7,9-10H,4-5,11H2,1-3H3,(H2,22,24). The van der Waals surface area contributed by atoms with Gasteiger partial charge in [-0.3, -0.25) is 4.98 Å². The van der Waals surface area contributed by atoms with Gasteiger partial charge in [-0.2, -0.15) is 5.26 Å². The Morgan fingerprint density at radius 3 is 2.73 bits per heavy atom. The maximum absolute atomic E-state index is 9.10. The summed E-state index contributed by atoms with van der Waals surface area (Å²) in [4.78, 5) is 10.6. The molecule has 1 aliphatic heterocycles. The number of nitriles is 1. The summed E-state index contributed by atoms with van der Waals surface area (Å²) in [5.74, 6) is 0. The Balaban J connectivity index is 2.05. The highest BCUT2D eigenvalue weighted by atomic mass is 35.5. The van der Waals surface area contributed by atoms with Crippen LogP contribution in [0.1, 0.15) is 50.5 Å². The van der Waals surface area contributed by atoms with Crippen LogP contribution < -0.4 is 5.73 Å². The van der Waals surface area contributed by atoms with Crippen LogP contribution in [-0.4, -0.2) is 16.6 Å². The quantitative estimate of drug-likeness (QED) is 0.811. The van der Waals surface area contributed by atoms with Crippen molar-refractivity contribution < 1.29 is 4.74 Å². The number of nitrogens with two attached hydrogens (primary N) is 1. The number of pyridine rings is 1. The second-order valence-corrected chi connectivity index (χ2v) is 8.21. The van der Waals surface area contributed by atoms with Crippen molar-refractivity contribution in [2.45, 2.75) is 51.2 Å². The van der Waals surface area contributed by atoms with Crippen molar-refractivity contribution in [1.82, 2.24) is 4.98 Å². The number of aromatic nitrogens is 1. The number of halogens is 1. The fourth-order valence-corrected chi connectivity index (χ4v) is 5.09. The Kier molecular flexibility index (Phi) is 4.96. The maximum atomic E-state index is 9.10. The van der Waals surface area contributed by atoms with Gasteiger partial charge in [-0.1, -0.05) is 25.4 Å². The summed E-state index contributed by atoms with van der Waals surface area (Å²) in [7, 11) is 0. The van der Waals surface area contributed by atoms with E-state index in [9.17, 15) is 0 Å². The summed E-state index contributed by atoms with van der Waals surface area (Å²) in [6.07, 6.45) is 5.68. The first-order chi connectivity index (χ1) is 12.3. The minimum atomic E-state index is -0.547. The fraction of sp³-hybridized carbons (Fsp3) is 0.421. The summed E-state index contributed by atoms with van der Waals surface area (Å²) < 4.78 is 5.89. The summed E-state index contributed by atoms with van der Waals surface area (Å²) in [5, 5.41) is 9.74. The van der Waals surface area contributed by atoms with Crippen LogP contribution >= 0.6 is 22.9 Å². The van der Waals surface area contributed by atoms with Crippen molar-refractivity contribution in [3.63, 3.8) is 0 Å². The molecule has 0 aromatic carbocycles. The van der Waals surface area contributed by atoms with Gasteiger partial charge in [-0.25, -0.2) is 4.99 Å². The van der Waals surface area contributed by atoms with E-state index in [2.05, 4.69) is 29.9 Å². The lowest BCUT2D eigenvalue weighted by Gasteiger charge is -2.42. The number of rotatable bonds is 4. The van der Waals surface area contributed by atoms with Crippen molar-refractivity contribution in [2.75, 3.05) is 0 Å². The lowest BCUT2D eigenvalue weighted by atomic mass is 9.80. The van der Waals surface area contributed by atoms with E-state index < -0.39 is 5.54 Å². The molecule has 0 bridgehead atoms. The zero-order chi connectivity index (χ0) is 18.9. The molecule has 1 unspecified atom stereocenters. The molecule has 0 radical (unpaired) electrons. The number of thiophene rings is 1. The summed E-state index contributed by atoms with van der Waals surface area (Å²) in [5.41, 5.74) is 6.52. The zero-order valence-corrected chi connectivity index (χ0v) is 16.6. The van der Waals surface area contributed by atoms with Crippen LogP contribution in [0.3, 0.4) is 0 Å². The van der Waals surface area contributed by atoms with E-state index in [4.69, 9.17) is 27.3 Å². The van der Waals surface area contributed by atoms with E-state index in [-0.39, 0.29) is 11.6 Å². The molecule has 1 atom stereocenters.